The van der Waals surface area contributed by atoms with Gasteiger partial charge in [-0.15, -0.1) is 11.8 Å². The topological polar surface area (TPSA) is 101 Å². The van der Waals surface area contributed by atoms with Gasteiger partial charge in [0.1, 0.15) is 0 Å². The lowest BCUT2D eigenvalue weighted by Crippen LogP contribution is -2.55. The molecule has 4 atom stereocenters. The molecule has 32 heavy (non-hydrogen) atoms. The van der Waals surface area contributed by atoms with Crippen LogP contribution in [-0.4, -0.2) is 52.4 Å². The highest BCUT2D eigenvalue weighted by Gasteiger charge is 2.47. The fourth-order valence-corrected chi connectivity index (χ4v) is 4.45. The summed E-state index contributed by atoms with van der Waals surface area (Å²) in [6.45, 7) is 3.59. The van der Waals surface area contributed by atoms with E-state index in [9.17, 15) is 18.8 Å². The largest absolute Gasteiger partial charge is 0.473 e. The van der Waals surface area contributed by atoms with Crippen LogP contribution in [0.15, 0.2) is 42.7 Å². The number of halogens is 1. The maximum Gasteiger partial charge on any atom is 0.303 e. The molecule has 3 rings (SSSR count). The molecule has 0 radical (unpaired) electrons. The zero-order chi connectivity index (χ0) is 23.3. The second-order valence-corrected chi connectivity index (χ2v) is 8.13. The second-order valence-electron chi connectivity index (χ2n) is 7.00. The first-order chi connectivity index (χ1) is 15.2. The number of thioether (sulfide) groups is 1. The first-order valence-electron chi connectivity index (χ1n) is 9.74. The Balaban J connectivity index is 1.86. The van der Waals surface area contributed by atoms with Crippen molar-refractivity contribution in [3.8, 4) is 16.9 Å². The molecule has 0 amide bonds. The van der Waals surface area contributed by atoms with E-state index in [-0.39, 0.29) is 11.5 Å². The summed E-state index contributed by atoms with van der Waals surface area (Å²) in [7, 11) is 0. The maximum atomic E-state index is 14.8. The number of carbonyl (C=O) groups is 3. The fourth-order valence-electron chi connectivity index (χ4n) is 3.24. The van der Waals surface area contributed by atoms with Gasteiger partial charge in [-0.05, 0) is 23.8 Å². The molecule has 0 saturated carbocycles. The highest BCUT2D eigenvalue weighted by atomic mass is 32.2. The minimum atomic E-state index is -1.13. The minimum Gasteiger partial charge on any atom is -0.473 e. The average Bonchev–Trinajstić information content (AvgIpc) is 2.73. The van der Waals surface area contributed by atoms with Gasteiger partial charge in [0.25, 0.3) is 0 Å². The minimum absolute atomic E-state index is 0.0696. The molecule has 1 fully saturated rings. The SMILES string of the molecule is CC(=O)O[C@@H]1[C@@H](OC(C)=O)[C@@H](Oc2ccc(-c3cccnc3)cc2F)SC[C@H]1OC(C)=O. The van der Waals surface area contributed by atoms with Crippen molar-refractivity contribution in [2.24, 2.45) is 0 Å². The Hall–Kier alpha value is -3.14. The summed E-state index contributed by atoms with van der Waals surface area (Å²) in [6.07, 6.45) is 0.140. The third kappa shape index (κ3) is 5.97. The number of esters is 3. The number of pyridine rings is 1. The third-order valence-corrected chi connectivity index (χ3v) is 5.69. The van der Waals surface area contributed by atoms with Crippen molar-refractivity contribution in [1.82, 2.24) is 4.98 Å². The lowest BCUT2D eigenvalue weighted by Gasteiger charge is -2.39. The molecule has 1 aliphatic rings. The van der Waals surface area contributed by atoms with E-state index in [1.807, 2.05) is 0 Å². The van der Waals surface area contributed by atoms with Crippen LogP contribution in [0.25, 0.3) is 11.1 Å². The van der Waals surface area contributed by atoms with Crippen LogP contribution in [0.2, 0.25) is 0 Å². The zero-order valence-corrected chi connectivity index (χ0v) is 18.5. The Morgan fingerprint density at radius 3 is 2.25 bits per heavy atom. The Bertz CT molecular complexity index is 987. The number of benzene rings is 1. The number of ether oxygens (including phenoxy) is 4. The number of nitrogens with zero attached hydrogens (tertiary/aromatic N) is 1. The van der Waals surface area contributed by atoms with E-state index in [0.717, 1.165) is 17.3 Å². The molecule has 1 aromatic heterocycles. The van der Waals surface area contributed by atoms with Crippen LogP contribution in [0.4, 0.5) is 4.39 Å². The highest BCUT2D eigenvalue weighted by Crippen LogP contribution is 2.35. The second kappa shape index (κ2) is 10.4. The number of hydrogen-bond donors (Lipinski definition) is 0. The van der Waals surface area contributed by atoms with Crippen LogP contribution < -0.4 is 4.74 Å². The molecule has 8 nitrogen and oxygen atoms in total. The van der Waals surface area contributed by atoms with Crippen molar-refractivity contribution >= 4 is 29.7 Å². The molecule has 0 aliphatic carbocycles. The molecule has 2 aromatic rings. The molecule has 0 bridgehead atoms. The van der Waals surface area contributed by atoms with E-state index in [0.29, 0.717) is 5.56 Å². The number of aromatic nitrogens is 1. The van der Waals surface area contributed by atoms with Crippen LogP contribution in [-0.2, 0) is 28.6 Å². The first-order valence-corrected chi connectivity index (χ1v) is 10.8. The van der Waals surface area contributed by atoms with E-state index < -0.39 is 47.5 Å². The Kier molecular flexibility index (Phi) is 7.68. The quantitative estimate of drug-likeness (QED) is 0.472. The summed E-state index contributed by atoms with van der Waals surface area (Å²) in [4.78, 5) is 38.9. The van der Waals surface area contributed by atoms with Gasteiger partial charge in [-0.3, -0.25) is 19.4 Å². The molecule has 170 valence electrons. The number of carbonyl (C=O) groups excluding carboxylic acids is 3. The van der Waals surface area contributed by atoms with E-state index in [2.05, 4.69) is 4.98 Å². The molecule has 1 aromatic carbocycles. The molecule has 1 aliphatic heterocycles. The van der Waals surface area contributed by atoms with Crippen molar-refractivity contribution in [2.75, 3.05) is 5.75 Å². The summed E-state index contributed by atoms with van der Waals surface area (Å²) in [5.41, 5.74) is 0.444. The molecule has 0 N–H and O–H groups in total. The predicted octanol–water partition coefficient (Wildman–Crippen LogP) is 3.13. The normalized spacial score (nSPS) is 22.5. The zero-order valence-electron chi connectivity index (χ0n) is 17.6. The van der Waals surface area contributed by atoms with Gasteiger partial charge < -0.3 is 18.9 Å². The maximum absolute atomic E-state index is 14.8. The van der Waals surface area contributed by atoms with Crippen molar-refractivity contribution in [3.05, 3.63) is 48.5 Å². The van der Waals surface area contributed by atoms with E-state index in [1.54, 1.807) is 30.6 Å². The lowest BCUT2D eigenvalue weighted by molar-refractivity contribution is -0.186. The van der Waals surface area contributed by atoms with Crippen LogP contribution in [0.1, 0.15) is 20.8 Å². The monoisotopic (exact) mass is 463 g/mol. The predicted molar refractivity (Wildman–Crippen MR) is 113 cm³/mol. The fraction of sp³-hybridized carbons (Fsp3) is 0.364. The van der Waals surface area contributed by atoms with Gasteiger partial charge in [-0.25, -0.2) is 4.39 Å². The summed E-state index contributed by atoms with van der Waals surface area (Å²) in [6, 6.07) is 7.99. The van der Waals surface area contributed by atoms with E-state index in [4.69, 9.17) is 18.9 Å². The highest BCUT2D eigenvalue weighted by molar-refractivity contribution is 7.99. The molecule has 10 heteroatoms. The first kappa shape index (κ1) is 23.5. The Morgan fingerprint density at radius 1 is 0.969 bits per heavy atom. The standard InChI is InChI=1S/C22H22FNO7S/c1-12(25)28-19-11-32-22(21(30-14(3)27)20(19)29-13(2)26)31-18-7-6-15(9-17(18)23)16-5-4-8-24-10-16/h4-10,19-22H,11H2,1-3H3/t19-,20+,21-,22+/m1/s1. The lowest BCUT2D eigenvalue weighted by atomic mass is 10.1. The van der Waals surface area contributed by atoms with Crippen LogP contribution in [0.3, 0.4) is 0 Å². The van der Waals surface area contributed by atoms with Crippen molar-refractivity contribution < 1.29 is 37.7 Å². The van der Waals surface area contributed by atoms with Gasteiger partial charge in [0.05, 0.1) is 0 Å². The van der Waals surface area contributed by atoms with E-state index >= 15 is 0 Å². The average molecular weight is 463 g/mol. The summed E-state index contributed by atoms with van der Waals surface area (Å²) >= 11 is 1.15. The van der Waals surface area contributed by atoms with Gasteiger partial charge in [0.2, 0.25) is 0 Å². The van der Waals surface area contributed by atoms with Gasteiger partial charge in [-0.1, -0.05) is 12.1 Å². The van der Waals surface area contributed by atoms with Gasteiger partial charge in [0.15, 0.2) is 35.3 Å². The summed E-state index contributed by atoms with van der Waals surface area (Å²) in [5.74, 6) is -2.39. The molecule has 0 spiro atoms. The third-order valence-electron chi connectivity index (χ3n) is 4.47. The molecule has 1 saturated heterocycles. The summed E-state index contributed by atoms with van der Waals surface area (Å²) < 4.78 is 36.5. The summed E-state index contributed by atoms with van der Waals surface area (Å²) in [5, 5.41) is 0. The molecular weight excluding hydrogens is 441 g/mol. The van der Waals surface area contributed by atoms with E-state index in [1.165, 1.54) is 32.9 Å². The Morgan fingerprint density at radius 2 is 1.66 bits per heavy atom. The van der Waals surface area contributed by atoms with Gasteiger partial charge in [-0.2, -0.15) is 0 Å². The number of rotatable bonds is 6. The smallest absolute Gasteiger partial charge is 0.303 e. The van der Waals surface area contributed by atoms with Crippen molar-refractivity contribution in [1.29, 1.82) is 0 Å². The van der Waals surface area contributed by atoms with Gasteiger partial charge >= 0.3 is 17.9 Å². The van der Waals surface area contributed by atoms with Crippen LogP contribution >= 0.6 is 11.8 Å². The van der Waals surface area contributed by atoms with Crippen LogP contribution in [0.5, 0.6) is 5.75 Å². The number of hydrogen-bond acceptors (Lipinski definition) is 9. The molecule has 2 heterocycles. The van der Waals surface area contributed by atoms with Crippen molar-refractivity contribution in [3.63, 3.8) is 0 Å². The Labute approximate surface area is 188 Å². The van der Waals surface area contributed by atoms with Crippen LogP contribution in [0, 0.1) is 5.82 Å². The molecule has 0 unspecified atom stereocenters. The van der Waals surface area contributed by atoms with Gasteiger partial charge in [0, 0.05) is 44.5 Å². The molecular formula is C22H22FNO7S. The van der Waals surface area contributed by atoms with Crippen molar-refractivity contribution in [2.45, 2.75) is 44.5 Å².